The molecular weight excluding hydrogens is 406 g/mol. The highest BCUT2D eigenvalue weighted by Crippen LogP contribution is 2.21. The third kappa shape index (κ3) is 6.34. The molecule has 0 aliphatic carbocycles. The van der Waals surface area contributed by atoms with Crippen LogP contribution in [0.15, 0.2) is 60.7 Å². The van der Waals surface area contributed by atoms with Crippen LogP contribution in [0, 0.1) is 0 Å². The molecule has 0 saturated carbocycles. The minimum atomic E-state index is -0.858. The van der Waals surface area contributed by atoms with Crippen LogP contribution in [0.2, 0.25) is 0 Å². The monoisotopic (exact) mass is 435 g/mol. The fourth-order valence-electron chi connectivity index (χ4n) is 3.10. The number of hydrogen-bond donors (Lipinski definition) is 3. The van der Waals surface area contributed by atoms with Gasteiger partial charge in [0.15, 0.2) is 0 Å². The van der Waals surface area contributed by atoms with Crippen LogP contribution in [0.3, 0.4) is 0 Å². The van der Waals surface area contributed by atoms with Gasteiger partial charge in [0.25, 0.3) is 0 Å². The quantitative estimate of drug-likeness (QED) is 0.511. The van der Waals surface area contributed by atoms with E-state index in [1.165, 1.54) is 0 Å². The molecule has 0 spiro atoms. The number of aryl methyl sites for hydroxylation is 1. The summed E-state index contributed by atoms with van der Waals surface area (Å²) in [4.78, 5) is 25.5. The lowest BCUT2D eigenvalue weighted by molar-refractivity contribution is -0.118. The molecule has 3 rings (SSSR count). The number of alkyl carbamates (subject to hydrolysis) is 1. The van der Waals surface area contributed by atoms with Crippen LogP contribution >= 0.6 is 0 Å². The Morgan fingerprint density at radius 3 is 2.38 bits per heavy atom. The number of nitrogens with two attached hydrogens (primary N) is 1. The summed E-state index contributed by atoms with van der Waals surface area (Å²) in [5, 5.41) is 10.0. The highest BCUT2D eigenvalue weighted by Gasteiger charge is 2.25. The van der Waals surface area contributed by atoms with Crippen LogP contribution in [0.5, 0.6) is 0 Å². The lowest BCUT2D eigenvalue weighted by atomic mass is 10.0. The van der Waals surface area contributed by atoms with Crippen molar-refractivity contribution in [3.05, 3.63) is 66.2 Å². The van der Waals surface area contributed by atoms with E-state index in [1.54, 1.807) is 50.7 Å². The number of hydrogen-bond acceptors (Lipinski definition) is 5. The molecule has 8 nitrogen and oxygen atoms in total. The van der Waals surface area contributed by atoms with Gasteiger partial charge >= 0.3 is 6.09 Å². The number of anilines is 2. The fraction of sp³-hybridized carbons (Fsp3) is 0.292. The van der Waals surface area contributed by atoms with Crippen molar-refractivity contribution in [1.29, 1.82) is 0 Å². The van der Waals surface area contributed by atoms with Gasteiger partial charge in [-0.1, -0.05) is 42.5 Å². The number of carbonyl (C=O) groups is 2. The second-order valence-electron chi connectivity index (χ2n) is 8.54. The summed E-state index contributed by atoms with van der Waals surface area (Å²) in [6.07, 6.45) is -0.391. The summed E-state index contributed by atoms with van der Waals surface area (Å²) in [5.41, 5.74) is 8.23. The number of nitrogens with zero attached hydrogens (tertiary/aromatic N) is 2. The molecule has 8 heteroatoms. The Hall–Kier alpha value is -3.81. The van der Waals surface area contributed by atoms with E-state index in [2.05, 4.69) is 15.7 Å². The molecule has 1 heterocycles. The van der Waals surface area contributed by atoms with Gasteiger partial charge in [-0.15, -0.1) is 0 Å². The molecule has 2 amide bonds. The minimum Gasteiger partial charge on any atom is -0.444 e. The van der Waals surface area contributed by atoms with Crippen LogP contribution in [0.25, 0.3) is 11.3 Å². The number of benzene rings is 2. The molecule has 32 heavy (non-hydrogen) atoms. The van der Waals surface area contributed by atoms with Gasteiger partial charge in [-0.25, -0.2) is 4.79 Å². The molecule has 4 N–H and O–H groups in total. The Balaban J connectivity index is 1.79. The first kappa shape index (κ1) is 22.9. The van der Waals surface area contributed by atoms with Crippen molar-refractivity contribution in [2.75, 3.05) is 11.1 Å². The van der Waals surface area contributed by atoms with Crippen molar-refractivity contribution in [3.8, 4) is 11.3 Å². The maximum absolute atomic E-state index is 13.1. The van der Waals surface area contributed by atoms with Crippen molar-refractivity contribution in [1.82, 2.24) is 15.1 Å². The minimum absolute atomic E-state index is 0.273. The summed E-state index contributed by atoms with van der Waals surface area (Å²) in [6.45, 7) is 5.30. The summed E-state index contributed by atoms with van der Waals surface area (Å²) in [5.74, 6) is 0.137. The number of amides is 2. The van der Waals surface area contributed by atoms with Gasteiger partial charge in [0, 0.05) is 30.8 Å². The average molecular weight is 436 g/mol. The number of rotatable bonds is 6. The molecule has 0 fully saturated rings. The molecular formula is C24H29N5O3. The van der Waals surface area contributed by atoms with Crippen molar-refractivity contribution in [3.63, 3.8) is 0 Å². The zero-order chi connectivity index (χ0) is 23.3. The normalized spacial score (nSPS) is 12.1. The van der Waals surface area contributed by atoms with Gasteiger partial charge in [0.1, 0.15) is 17.5 Å². The third-order valence-corrected chi connectivity index (χ3v) is 4.63. The summed E-state index contributed by atoms with van der Waals surface area (Å²) >= 11 is 0. The van der Waals surface area contributed by atoms with E-state index < -0.39 is 17.7 Å². The van der Waals surface area contributed by atoms with Crippen molar-refractivity contribution >= 4 is 23.5 Å². The molecule has 0 bridgehead atoms. The maximum Gasteiger partial charge on any atom is 0.408 e. The van der Waals surface area contributed by atoms with Gasteiger partial charge in [-0.3, -0.25) is 9.48 Å². The van der Waals surface area contributed by atoms with Crippen LogP contribution < -0.4 is 16.4 Å². The zero-order valence-electron chi connectivity index (χ0n) is 18.8. The SMILES string of the molecule is Cn1nc(-c2ccccc2)cc1NC(=O)[C@H](Cc1ccc(N)cc1)NC(=O)OC(C)(C)C. The van der Waals surface area contributed by atoms with E-state index in [1.807, 2.05) is 42.5 Å². The lowest BCUT2D eigenvalue weighted by Crippen LogP contribution is -2.47. The predicted molar refractivity (Wildman–Crippen MR) is 125 cm³/mol. The molecule has 0 saturated heterocycles. The Morgan fingerprint density at radius 2 is 1.75 bits per heavy atom. The Kier molecular flexibility index (Phi) is 6.82. The molecule has 3 aromatic rings. The van der Waals surface area contributed by atoms with Crippen LogP contribution in [-0.2, 0) is 23.0 Å². The summed E-state index contributed by atoms with van der Waals surface area (Å²) in [6, 6.07) is 17.8. The number of nitrogen functional groups attached to an aromatic ring is 1. The smallest absolute Gasteiger partial charge is 0.408 e. The highest BCUT2D eigenvalue weighted by molar-refractivity contribution is 5.96. The van der Waals surface area contributed by atoms with E-state index in [4.69, 9.17) is 10.5 Å². The highest BCUT2D eigenvalue weighted by atomic mass is 16.6. The van der Waals surface area contributed by atoms with E-state index in [0.717, 1.165) is 16.8 Å². The molecule has 2 aromatic carbocycles. The number of ether oxygens (including phenoxy) is 1. The van der Waals surface area contributed by atoms with Crippen molar-refractivity contribution in [2.45, 2.75) is 38.8 Å². The molecule has 1 aromatic heterocycles. The van der Waals surface area contributed by atoms with Crippen LogP contribution in [0.1, 0.15) is 26.3 Å². The fourth-order valence-corrected chi connectivity index (χ4v) is 3.10. The van der Waals surface area contributed by atoms with Gasteiger partial charge in [0.2, 0.25) is 5.91 Å². The van der Waals surface area contributed by atoms with Gasteiger partial charge in [-0.05, 0) is 38.5 Å². The first-order chi connectivity index (χ1) is 15.1. The molecule has 168 valence electrons. The number of carbonyl (C=O) groups excluding carboxylic acids is 2. The second kappa shape index (κ2) is 9.55. The molecule has 0 aliphatic rings. The van der Waals surface area contributed by atoms with Crippen molar-refractivity contribution in [2.24, 2.45) is 7.05 Å². The van der Waals surface area contributed by atoms with Gasteiger partial charge in [0.05, 0.1) is 5.69 Å². The number of aromatic nitrogens is 2. The molecule has 0 aliphatic heterocycles. The van der Waals surface area contributed by atoms with E-state index in [9.17, 15) is 9.59 Å². The van der Waals surface area contributed by atoms with Crippen LogP contribution in [-0.4, -0.2) is 33.4 Å². The topological polar surface area (TPSA) is 111 Å². The summed E-state index contributed by atoms with van der Waals surface area (Å²) < 4.78 is 6.93. The van der Waals surface area contributed by atoms with E-state index >= 15 is 0 Å². The predicted octanol–water partition coefficient (Wildman–Crippen LogP) is 3.74. The molecule has 0 radical (unpaired) electrons. The second-order valence-corrected chi connectivity index (χ2v) is 8.54. The molecule has 0 unspecified atom stereocenters. The molecule has 1 atom stereocenters. The largest absolute Gasteiger partial charge is 0.444 e. The maximum atomic E-state index is 13.1. The average Bonchev–Trinajstić information content (AvgIpc) is 3.08. The van der Waals surface area contributed by atoms with Gasteiger partial charge < -0.3 is 21.1 Å². The number of nitrogens with one attached hydrogen (secondary N) is 2. The third-order valence-electron chi connectivity index (χ3n) is 4.63. The van der Waals surface area contributed by atoms with Crippen molar-refractivity contribution < 1.29 is 14.3 Å². The standard InChI is InChI=1S/C24H29N5O3/c1-24(2,3)32-23(31)26-20(14-16-10-12-18(25)13-11-16)22(30)27-21-15-19(28-29(21)4)17-8-6-5-7-9-17/h5-13,15,20H,14,25H2,1-4H3,(H,26,31)(H,27,30)/t20-/m0/s1. The van der Waals surface area contributed by atoms with E-state index in [0.29, 0.717) is 11.5 Å². The Morgan fingerprint density at radius 1 is 1.09 bits per heavy atom. The summed E-state index contributed by atoms with van der Waals surface area (Å²) in [7, 11) is 1.75. The lowest BCUT2D eigenvalue weighted by Gasteiger charge is -2.23. The first-order valence-electron chi connectivity index (χ1n) is 10.3. The van der Waals surface area contributed by atoms with Gasteiger partial charge in [-0.2, -0.15) is 5.10 Å². The van der Waals surface area contributed by atoms with E-state index in [-0.39, 0.29) is 12.3 Å². The first-order valence-corrected chi connectivity index (χ1v) is 10.3. The zero-order valence-corrected chi connectivity index (χ0v) is 18.8. The Bertz CT molecular complexity index is 1070. The van der Waals surface area contributed by atoms with Crippen LogP contribution in [0.4, 0.5) is 16.3 Å². The Labute approximate surface area is 187 Å².